The third-order valence-corrected chi connectivity index (χ3v) is 4.25. The Morgan fingerprint density at radius 2 is 2.44 bits per heavy atom. The number of hydrogen-bond acceptors (Lipinski definition) is 6. The second kappa shape index (κ2) is 5.90. The van der Waals surface area contributed by atoms with E-state index in [9.17, 15) is 10.1 Å². The highest BCUT2D eigenvalue weighted by molar-refractivity contribution is 8.00. The minimum Gasteiger partial charge on any atom is -0.373 e. The number of thioether (sulfide) groups is 1. The van der Waals surface area contributed by atoms with Gasteiger partial charge in [-0.15, -0.1) is 0 Å². The number of pyridine rings is 1. The van der Waals surface area contributed by atoms with Crippen LogP contribution >= 0.6 is 11.8 Å². The summed E-state index contributed by atoms with van der Waals surface area (Å²) in [5.41, 5.74) is 0.0250. The van der Waals surface area contributed by atoms with Gasteiger partial charge < -0.3 is 10.6 Å². The predicted molar refractivity (Wildman–Crippen MR) is 74.4 cm³/mol. The zero-order valence-electron chi connectivity index (χ0n) is 10.2. The van der Waals surface area contributed by atoms with Crippen LogP contribution in [0.3, 0.4) is 0 Å². The standard InChI is InChI=1S/C11H16N4O2S/c1-12-10-5-4-9(15(16)17)11(14-10)13-7-8-3-2-6-18-8/h4-5,8H,2-3,6-7H2,1H3,(H2,12,13,14). The van der Waals surface area contributed by atoms with E-state index in [1.54, 1.807) is 13.1 Å². The second-order valence-electron chi connectivity index (χ2n) is 4.09. The van der Waals surface area contributed by atoms with Gasteiger partial charge in [0.2, 0.25) is 5.82 Å². The van der Waals surface area contributed by atoms with Crippen LogP contribution in [0.4, 0.5) is 17.3 Å². The van der Waals surface area contributed by atoms with Gasteiger partial charge in [0.25, 0.3) is 0 Å². The lowest BCUT2D eigenvalue weighted by molar-refractivity contribution is -0.384. The van der Waals surface area contributed by atoms with E-state index in [4.69, 9.17) is 0 Å². The molecule has 1 aliphatic heterocycles. The van der Waals surface area contributed by atoms with E-state index in [1.807, 2.05) is 11.8 Å². The predicted octanol–water partition coefficient (Wildman–Crippen LogP) is 2.34. The molecule has 0 bridgehead atoms. The average Bonchev–Trinajstić information content (AvgIpc) is 2.88. The average molecular weight is 268 g/mol. The minimum atomic E-state index is -0.406. The number of hydrogen-bond donors (Lipinski definition) is 2. The van der Waals surface area contributed by atoms with Crippen molar-refractivity contribution in [1.29, 1.82) is 0 Å². The lowest BCUT2D eigenvalue weighted by atomic mass is 10.2. The topological polar surface area (TPSA) is 80.1 Å². The van der Waals surface area contributed by atoms with Crippen molar-refractivity contribution in [1.82, 2.24) is 4.98 Å². The van der Waals surface area contributed by atoms with Gasteiger partial charge in [0, 0.05) is 24.9 Å². The molecule has 18 heavy (non-hydrogen) atoms. The van der Waals surface area contributed by atoms with E-state index in [0.29, 0.717) is 16.9 Å². The Morgan fingerprint density at radius 1 is 1.61 bits per heavy atom. The van der Waals surface area contributed by atoms with Crippen LogP contribution in [0.15, 0.2) is 12.1 Å². The first-order valence-corrected chi connectivity index (χ1v) is 6.94. The molecule has 0 radical (unpaired) electrons. The molecule has 1 fully saturated rings. The first-order valence-electron chi connectivity index (χ1n) is 5.89. The summed E-state index contributed by atoms with van der Waals surface area (Å²) in [6.45, 7) is 0.728. The van der Waals surface area contributed by atoms with Gasteiger partial charge in [-0.05, 0) is 24.7 Å². The molecule has 0 spiro atoms. The van der Waals surface area contributed by atoms with Crippen LogP contribution in [0, 0.1) is 10.1 Å². The largest absolute Gasteiger partial charge is 0.373 e. The lowest BCUT2D eigenvalue weighted by Gasteiger charge is -2.11. The van der Waals surface area contributed by atoms with E-state index in [2.05, 4.69) is 15.6 Å². The summed E-state index contributed by atoms with van der Waals surface area (Å²) >= 11 is 1.91. The van der Waals surface area contributed by atoms with Crippen molar-refractivity contribution in [2.24, 2.45) is 0 Å². The van der Waals surface area contributed by atoms with Gasteiger partial charge >= 0.3 is 5.69 Å². The molecule has 0 amide bonds. The summed E-state index contributed by atoms with van der Waals surface area (Å²) in [6, 6.07) is 3.08. The number of aromatic nitrogens is 1. The molecule has 1 aromatic heterocycles. The lowest BCUT2D eigenvalue weighted by Crippen LogP contribution is -2.15. The first-order chi connectivity index (χ1) is 8.70. The Kier molecular flexibility index (Phi) is 4.24. The number of anilines is 2. The van der Waals surface area contributed by atoms with Gasteiger partial charge in [-0.2, -0.15) is 11.8 Å². The van der Waals surface area contributed by atoms with Crippen molar-refractivity contribution in [2.45, 2.75) is 18.1 Å². The summed E-state index contributed by atoms with van der Waals surface area (Å²) in [5, 5.41) is 17.4. The molecule has 2 rings (SSSR count). The van der Waals surface area contributed by atoms with Crippen molar-refractivity contribution >= 4 is 29.1 Å². The van der Waals surface area contributed by atoms with Crippen molar-refractivity contribution in [2.75, 3.05) is 30.0 Å². The van der Waals surface area contributed by atoms with Gasteiger partial charge in [0.15, 0.2) is 0 Å². The molecular formula is C11H16N4O2S. The molecule has 1 saturated heterocycles. The summed E-state index contributed by atoms with van der Waals surface area (Å²) in [6.07, 6.45) is 2.39. The maximum absolute atomic E-state index is 10.9. The van der Waals surface area contributed by atoms with Crippen LogP contribution in [-0.2, 0) is 0 Å². The van der Waals surface area contributed by atoms with Gasteiger partial charge in [-0.1, -0.05) is 0 Å². The summed E-state index contributed by atoms with van der Waals surface area (Å²) in [5.74, 6) is 2.15. The van der Waals surface area contributed by atoms with E-state index in [-0.39, 0.29) is 5.69 Å². The number of nitrogens with zero attached hydrogens (tertiary/aromatic N) is 2. The molecule has 6 nitrogen and oxygen atoms in total. The summed E-state index contributed by atoms with van der Waals surface area (Å²) < 4.78 is 0. The first kappa shape index (κ1) is 12.9. The fourth-order valence-corrected chi connectivity index (χ4v) is 3.09. The molecule has 0 aliphatic carbocycles. The molecule has 1 aromatic rings. The Balaban J connectivity index is 2.10. The van der Waals surface area contributed by atoms with Gasteiger partial charge in [-0.3, -0.25) is 10.1 Å². The highest BCUT2D eigenvalue weighted by Gasteiger charge is 2.19. The zero-order valence-corrected chi connectivity index (χ0v) is 11.0. The molecule has 98 valence electrons. The molecular weight excluding hydrogens is 252 g/mol. The smallest absolute Gasteiger partial charge is 0.311 e. The maximum Gasteiger partial charge on any atom is 0.311 e. The third-order valence-electron chi connectivity index (χ3n) is 2.85. The van der Waals surface area contributed by atoms with E-state index in [0.717, 1.165) is 13.0 Å². The molecule has 2 N–H and O–H groups in total. The Hall–Kier alpha value is -1.50. The highest BCUT2D eigenvalue weighted by Crippen LogP contribution is 2.28. The van der Waals surface area contributed by atoms with Crippen LogP contribution in [0.25, 0.3) is 0 Å². The molecule has 7 heteroatoms. The number of nitrogens with one attached hydrogen (secondary N) is 2. The minimum absolute atomic E-state index is 0.0250. The second-order valence-corrected chi connectivity index (χ2v) is 5.50. The monoisotopic (exact) mass is 268 g/mol. The van der Waals surface area contributed by atoms with Crippen LogP contribution in [-0.4, -0.2) is 34.5 Å². The Labute approximate surface area is 110 Å². The molecule has 1 atom stereocenters. The Morgan fingerprint density at radius 3 is 3.06 bits per heavy atom. The summed E-state index contributed by atoms with van der Waals surface area (Å²) in [4.78, 5) is 14.7. The normalized spacial score (nSPS) is 18.6. The van der Waals surface area contributed by atoms with Crippen molar-refractivity contribution in [3.63, 3.8) is 0 Å². The van der Waals surface area contributed by atoms with Crippen LogP contribution < -0.4 is 10.6 Å². The van der Waals surface area contributed by atoms with Crippen molar-refractivity contribution < 1.29 is 4.92 Å². The van der Waals surface area contributed by atoms with Crippen LogP contribution in [0.1, 0.15) is 12.8 Å². The molecule has 0 saturated carbocycles. The van der Waals surface area contributed by atoms with Gasteiger partial charge in [0.05, 0.1) is 4.92 Å². The van der Waals surface area contributed by atoms with Crippen LogP contribution in [0.5, 0.6) is 0 Å². The number of nitro groups is 1. The van der Waals surface area contributed by atoms with Crippen molar-refractivity contribution in [3.05, 3.63) is 22.2 Å². The fourth-order valence-electron chi connectivity index (χ4n) is 1.88. The molecule has 1 aliphatic rings. The quantitative estimate of drug-likeness (QED) is 0.630. The molecule has 0 aromatic carbocycles. The molecule has 1 unspecified atom stereocenters. The fraction of sp³-hybridized carbons (Fsp3) is 0.545. The summed E-state index contributed by atoms with van der Waals surface area (Å²) in [7, 11) is 1.74. The van der Waals surface area contributed by atoms with Crippen LogP contribution in [0.2, 0.25) is 0 Å². The Bertz CT molecular complexity index is 435. The zero-order chi connectivity index (χ0) is 13.0. The van der Waals surface area contributed by atoms with Gasteiger partial charge in [-0.25, -0.2) is 4.98 Å². The van der Waals surface area contributed by atoms with E-state index in [1.165, 1.54) is 18.2 Å². The van der Waals surface area contributed by atoms with E-state index >= 15 is 0 Å². The third kappa shape index (κ3) is 3.04. The SMILES string of the molecule is CNc1ccc([N+](=O)[O-])c(NCC2CCCS2)n1. The van der Waals surface area contributed by atoms with Gasteiger partial charge in [0.1, 0.15) is 5.82 Å². The maximum atomic E-state index is 10.9. The molecule has 2 heterocycles. The number of rotatable bonds is 5. The highest BCUT2D eigenvalue weighted by atomic mass is 32.2. The van der Waals surface area contributed by atoms with E-state index < -0.39 is 4.92 Å². The van der Waals surface area contributed by atoms with Crippen molar-refractivity contribution in [3.8, 4) is 0 Å².